The van der Waals surface area contributed by atoms with E-state index in [1.807, 2.05) is 12.1 Å². The zero-order chi connectivity index (χ0) is 19.2. The average molecular weight is 367 g/mol. The Bertz CT molecular complexity index is 805. The summed E-state index contributed by atoms with van der Waals surface area (Å²) in [7, 11) is 1.65. The molecule has 3 amide bonds. The second kappa shape index (κ2) is 8.58. The fraction of sp³-hybridized carbons (Fsp3) is 0.333. The third kappa shape index (κ3) is 4.58. The van der Waals surface area contributed by atoms with Crippen LogP contribution in [0.3, 0.4) is 0 Å². The van der Waals surface area contributed by atoms with Crippen LogP contribution in [0.1, 0.15) is 36.9 Å². The van der Waals surface area contributed by atoms with Gasteiger partial charge in [0.2, 0.25) is 0 Å². The van der Waals surface area contributed by atoms with Crippen molar-refractivity contribution >= 4 is 23.5 Å². The lowest BCUT2D eigenvalue weighted by Crippen LogP contribution is -2.34. The highest BCUT2D eigenvalue weighted by Crippen LogP contribution is 2.29. The van der Waals surface area contributed by atoms with E-state index in [0.717, 1.165) is 19.3 Å². The van der Waals surface area contributed by atoms with Gasteiger partial charge in [-0.05, 0) is 61.6 Å². The predicted molar refractivity (Wildman–Crippen MR) is 106 cm³/mol. The number of fused-ring (bicyclic) bond motifs is 1. The van der Waals surface area contributed by atoms with Gasteiger partial charge in [0.05, 0.1) is 12.6 Å². The lowest BCUT2D eigenvalue weighted by molar-refractivity contribution is 0.161. The number of urea groups is 1. The molecule has 0 saturated carbocycles. The van der Waals surface area contributed by atoms with Gasteiger partial charge in [0.15, 0.2) is 0 Å². The van der Waals surface area contributed by atoms with Crippen LogP contribution in [0.5, 0.6) is 0 Å². The van der Waals surface area contributed by atoms with Crippen LogP contribution in [0.2, 0.25) is 0 Å². The number of hydrogen-bond donors (Lipinski definition) is 2. The minimum Gasteiger partial charge on any atom is -0.449 e. The van der Waals surface area contributed by atoms with Crippen LogP contribution in [0.25, 0.3) is 0 Å². The van der Waals surface area contributed by atoms with Crippen LogP contribution in [-0.2, 0) is 11.2 Å². The summed E-state index contributed by atoms with van der Waals surface area (Å²) in [5.41, 5.74) is 3.86. The second-order valence-corrected chi connectivity index (χ2v) is 6.55. The van der Waals surface area contributed by atoms with E-state index in [9.17, 15) is 9.59 Å². The molecular weight excluding hydrogens is 342 g/mol. The highest BCUT2D eigenvalue weighted by Gasteiger charge is 2.21. The zero-order valence-corrected chi connectivity index (χ0v) is 15.7. The number of nitrogens with zero attached hydrogens (tertiary/aromatic N) is 1. The Morgan fingerprint density at radius 3 is 2.63 bits per heavy atom. The number of ether oxygens (including phenoxy) is 1. The molecule has 3 rings (SSSR count). The van der Waals surface area contributed by atoms with Gasteiger partial charge in [0, 0.05) is 18.4 Å². The molecule has 1 aliphatic carbocycles. The fourth-order valence-corrected chi connectivity index (χ4v) is 3.32. The minimum absolute atomic E-state index is 0.0316. The molecule has 1 unspecified atom stereocenters. The van der Waals surface area contributed by atoms with E-state index in [2.05, 4.69) is 22.8 Å². The molecule has 6 heteroatoms. The van der Waals surface area contributed by atoms with Crippen molar-refractivity contribution in [3.63, 3.8) is 0 Å². The van der Waals surface area contributed by atoms with Crippen LogP contribution in [0.15, 0.2) is 48.5 Å². The summed E-state index contributed by atoms with van der Waals surface area (Å²) in [4.78, 5) is 25.6. The number of anilines is 2. The van der Waals surface area contributed by atoms with Crippen LogP contribution in [0.4, 0.5) is 21.0 Å². The summed E-state index contributed by atoms with van der Waals surface area (Å²) >= 11 is 0. The lowest BCUT2D eigenvalue weighted by Gasteiger charge is -2.26. The van der Waals surface area contributed by atoms with E-state index < -0.39 is 6.09 Å². The molecule has 27 heavy (non-hydrogen) atoms. The monoisotopic (exact) mass is 367 g/mol. The molecule has 0 heterocycles. The highest BCUT2D eigenvalue weighted by molar-refractivity contribution is 5.91. The van der Waals surface area contributed by atoms with E-state index in [-0.39, 0.29) is 12.1 Å². The fourth-order valence-electron chi connectivity index (χ4n) is 3.32. The number of rotatable bonds is 4. The minimum atomic E-state index is -0.410. The molecule has 2 aromatic rings. The van der Waals surface area contributed by atoms with E-state index >= 15 is 0 Å². The maximum Gasteiger partial charge on any atom is 0.413 e. The first-order valence-corrected chi connectivity index (χ1v) is 9.24. The van der Waals surface area contributed by atoms with E-state index in [4.69, 9.17) is 4.74 Å². The molecule has 1 aliphatic rings. The molecule has 6 nitrogen and oxygen atoms in total. The van der Waals surface area contributed by atoms with Crippen molar-refractivity contribution < 1.29 is 14.3 Å². The molecule has 0 aromatic heterocycles. The largest absolute Gasteiger partial charge is 0.449 e. The number of carbonyl (C=O) groups excluding carboxylic acids is 2. The first-order valence-electron chi connectivity index (χ1n) is 9.24. The summed E-state index contributed by atoms with van der Waals surface area (Å²) in [6, 6.07) is 15.1. The molecule has 2 N–H and O–H groups in total. The number of hydrogen-bond acceptors (Lipinski definition) is 3. The summed E-state index contributed by atoms with van der Waals surface area (Å²) in [5.74, 6) is 0. The molecule has 1 atom stereocenters. The Balaban J connectivity index is 1.60. The molecule has 0 radical (unpaired) electrons. The van der Waals surface area contributed by atoms with Gasteiger partial charge in [-0.2, -0.15) is 0 Å². The quantitative estimate of drug-likeness (QED) is 0.837. The highest BCUT2D eigenvalue weighted by atomic mass is 16.6. The maximum absolute atomic E-state index is 12.4. The SMILES string of the molecule is CCOC(=O)N(C)c1ccc(NC(=O)NC2CCCc3ccccc32)cc1. The average Bonchev–Trinajstić information content (AvgIpc) is 2.68. The Hall–Kier alpha value is -3.02. The first-order chi connectivity index (χ1) is 13.1. The molecule has 0 spiro atoms. The van der Waals surface area contributed by atoms with E-state index in [0.29, 0.717) is 18.0 Å². The second-order valence-electron chi connectivity index (χ2n) is 6.55. The Labute approximate surface area is 159 Å². The van der Waals surface area contributed by atoms with Gasteiger partial charge in [0.1, 0.15) is 0 Å². The van der Waals surface area contributed by atoms with Gasteiger partial charge in [-0.1, -0.05) is 24.3 Å². The molecule has 0 saturated heterocycles. The number of nitrogens with one attached hydrogen (secondary N) is 2. The van der Waals surface area contributed by atoms with Crippen molar-refractivity contribution in [1.29, 1.82) is 0 Å². The zero-order valence-electron chi connectivity index (χ0n) is 15.7. The van der Waals surface area contributed by atoms with Crippen molar-refractivity contribution in [2.75, 3.05) is 23.9 Å². The first kappa shape index (κ1) is 18.8. The van der Waals surface area contributed by atoms with Gasteiger partial charge in [-0.3, -0.25) is 4.90 Å². The Morgan fingerprint density at radius 2 is 1.89 bits per heavy atom. The molecule has 0 fully saturated rings. The van der Waals surface area contributed by atoms with Gasteiger partial charge in [0.25, 0.3) is 0 Å². The van der Waals surface area contributed by atoms with Gasteiger partial charge >= 0.3 is 12.1 Å². The summed E-state index contributed by atoms with van der Waals surface area (Å²) in [5, 5.41) is 5.92. The summed E-state index contributed by atoms with van der Waals surface area (Å²) in [6.45, 7) is 2.09. The molecule has 2 aromatic carbocycles. The third-order valence-corrected chi connectivity index (χ3v) is 4.73. The third-order valence-electron chi connectivity index (χ3n) is 4.73. The predicted octanol–water partition coefficient (Wildman–Crippen LogP) is 4.48. The molecule has 142 valence electrons. The summed E-state index contributed by atoms with van der Waals surface area (Å²) in [6.07, 6.45) is 2.66. The maximum atomic E-state index is 12.4. The van der Waals surface area contributed by atoms with E-state index in [1.54, 1.807) is 38.2 Å². The number of benzene rings is 2. The molecule has 0 bridgehead atoms. The number of amides is 3. The smallest absolute Gasteiger partial charge is 0.413 e. The number of aryl methyl sites for hydroxylation is 1. The van der Waals surface area contributed by atoms with Crippen LogP contribution in [0, 0.1) is 0 Å². The molecular formula is C21H25N3O3. The van der Waals surface area contributed by atoms with Gasteiger partial charge < -0.3 is 15.4 Å². The van der Waals surface area contributed by atoms with Crippen LogP contribution < -0.4 is 15.5 Å². The number of carbonyl (C=O) groups is 2. The Morgan fingerprint density at radius 1 is 1.15 bits per heavy atom. The standard InChI is InChI=1S/C21H25N3O3/c1-3-27-21(26)24(2)17-13-11-16(12-14-17)22-20(25)23-19-10-6-8-15-7-4-5-9-18(15)19/h4-5,7,9,11-14,19H,3,6,8,10H2,1-2H3,(H2,22,23,25). The topological polar surface area (TPSA) is 70.7 Å². The molecule has 0 aliphatic heterocycles. The van der Waals surface area contributed by atoms with E-state index in [1.165, 1.54) is 16.0 Å². The Kier molecular flexibility index (Phi) is 5.96. The van der Waals surface area contributed by atoms with Crippen molar-refractivity contribution in [1.82, 2.24) is 5.32 Å². The van der Waals surface area contributed by atoms with Crippen LogP contribution in [-0.4, -0.2) is 25.8 Å². The van der Waals surface area contributed by atoms with Gasteiger partial charge in [-0.15, -0.1) is 0 Å². The van der Waals surface area contributed by atoms with Crippen molar-refractivity contribution in [3.05, 3.63) is 59.7 Å². The van der Waals surface area contributed by atoms with Crippen molar-refractivity contribution in [3.8, 4) is 0 Å². The van der Waals surface area contributed by atoms with Gasteiger partial charge in [-0.25, -0.2) is 9.59 Å². The lowest BCUT2D eigenvalue weighted by atomic mass is 9.88. The van der Waals surface area contributed by atoms with Crippen molar-refractivity contribution in [2.24, 2.45) is 0 Å². The van der Waals surface area contributed by atoms with Crippen LogP contribution >= 0.6 is 0 Å². The summed E-state index contributed by atoms with van der Waals surface area (Å²) < 4.78 is 4.97. The normalized spacial score (nSPS) is 15.4. The van der Waals surface area contributed by atoms with Crippen molar-refractivity contribution in [2.45, 2.75) is 32.2 Å².